The summed E-state index contributed by atoms with van der Waals surface area (Å²) in [7, 11) is 0. The minimum Gasteiger partial charge on any atom is -0.463 e. The number of hydrogen-bond donors (Lipinski definition) is 0. The van der Waals surface area contributed by atoms with Gasteiger partial charge in [-0.3, -0.25) is 0 Å². The topological polar surface area (TPSA) is 52.6 Å². The van der Waals surface area contributed by atoms with Gasteiger partial charge in [-0.2, -0.15) is 0 Å². The third-order valence-corrected chi connectivity index (χ3v) is 2.98. The standard InChI is InChI=1S/C15H27FO4/c1-4-7-10-15(16,13(17)19-11-8-5-2)14(18)20-12-9-6-3/h4-12H2,1-3H3. The maximum Gasteiger partial charge on any atom is 0.355 e. The van der Waals surface area contributed by atoms with E-state index in [0.717, 1.165) is 12.8 Å². The summed E-state index contributed by atoms with van der Waals surface area (Å²) in [5.41, 5.74) is -2.66. The van der Waals surface area contributed by atoms with Gasteiger partial charge in [0.2, 0.25) is 0 Å². The molecule has 4 nitrogen and oxygen atoms in total. The average molecular weight is 290 g/mol. The predicted molar refractivity (Wildman–Crippen MR) is 75.1 cm³/mol. The van der Waals surface area contributed by atoms with Crippen molar-refractivity contribution in [2.24, 2.45) is 0 Å². The molecule has 0 bridgehead atoms. The largest absolute Gasteiger partial charge is 0.463 e. The Balaban J connectivity index is 4.61. The molecule has 0 saturated carbocycles. The minimum atomic E-state index is -2.66. The van der Waals surface area contributed by atoms with E-state index in [4.69, 9.17) is 9.47 Å². The lowest BCUT2D eigenvalue weighted by Crippen LogP contribution is -2.45. The smallest absolute Gasteiger partial charge is 0.355 e. The van der Waals surface area contributed by atoms with Crippen LogP contribution in [0.25, 0.3) is 0 Å². The first-order valence-corrected chi connectivity index (χ1v) is 7.56. The van der Waals surface area contributed by atoms with E-state index < -0.39 is 17.6 Å². The van der Waals surface area contributed by atoms with Gasteiger partial charge in [0.1, 0.15) is 0 Å². The molecule has 20 heavy (non-hydrogen) atoms. The highest BCUT2D eigenvalue weighted by Gasteiger charge is 2.49. The van der Waals surface area contributed by atoms with E-state index in [-0.39, 0.29) is 19.6 Å². The lowest BCUT2D eigenvalue weighted by molar-refractivity contribution is -0.175. The van der Waals surface area contributed by atoms with Crippen molar-refractivity contribution in [2.45, 2.75) is 71.4 Å². The second kappa shape index (κ2) is 10.6. The van der Waals surface area contributed by atoms with Gasteiger partial charge in [0.25, 0.3) is 0 Å². The molecule has 0 spiro atoms. The van der Waals surface area contributed by atoms with E-state index in [1.807, 2.05) is 20.8 Å². The van der Waals surface area contributed by atoms with Crippen LogP contribution in [0.15, 0.2) is 0 Å². The Hall–Kier alpha value is -1.13. The minimum absolute atomic E-state index is 0.134. The Labute approximate surface area is 121 Å². The van der Waals surface area contributed by atoms with E-state index in [0.29, 0.717) is 25.7 Å². The second-order valence-corrected chi connectivity index (χ2v) is 4.88. The highest BCUT2D eigenvalue weighted by molar-refractivity contribution is 6.03. The molecule has 0 aromatic heterocycles. The van der Waals surface area contributed by atoms with Gasteiger partial charge in [0, 0.05) is 6.42 Å². The molecule has 0 N–H and O–H groups in total. The Morgan fingerprint density at radius 1 is 0.850 bits per heavy atom. The maximum absolute atomic E-state index is 14.7. The van der Waals surface area contributed by atoms with Gasteiger partial charge in [-0.25, -0.2) is 14.0 Å². The first kappa shape index (κ1) is 18.9. The van der Waals surface area contributed by atoms with E-state index >= 15 is 0 Å². The number of hydrogen-bond acceptors (Lipinski definition) is 4. The van der Waals surface area contributed by atoms with Crippen molar-refractivity contribution in [3.05, 3.63) is 0 Å². The molecule has 0 aliphatic rings. The Bertz CT molecular complexity index is 270. The molecule has 0 radical (unpaired) electrons. The summed E-state index contributed by atoms with van der Waals surface area (Å²) >= 11 is 0. The molecule has 0 aliphatic heterocycles. The van der Waals surface area contributed by atoms with Crippen LogP contribution in [0.2, 0.25) is 0 Å². The van der Waals surface area contributed by atoms with Gasteiger partial charge in [-0.1, -0.05) is 40.0 Å². The molecule has 0 fully saturated rings. The van der Waals surface area contributed by atoms with Crippen molar-refractivity contribution >= 4 is 11.9 Å². The molecule has 5 heteroatoms. The van der Waals surface area contributed by atoms with Crippen molar-refractivity contribution in [1.82, 2.24) is 0 Å². The molecule has 0 aliphatic carbocycles. The number of carbonyl (C=O) groups excluding carboxylic acids is 2. The molecule has 0 aromatic rings. The van der Waals surface area contributed by atoms with Crippen molar-refractivity contribution < 1.29 is 23.5 Å². The van der Waals surface area contributed by atoms with Crippen LogP contribution in [-0.2, 0) is 19.1 Å². The fourth-order valence-corrected chi connectivity index (χ4v) is 1.56. The van der Waals surface area contributed by atoms with Gasteiger partial charge in [0.05, 0.1) is 13.2 Å². The zero-order valence-corrected chi connectivity index (χ0v) is 12.9. The number of esters is 2. The van der Waals surface area contributed by atoms with Crippen LogP contribution in [-0.4, -0.2) is 30.8 Å². The maximum atomic E-state index is 14.7. The molecule has 0 saturated heterocycles. The Morgan fingerprint density at radius 2 is 1.25 bits per heavy atom. The van der Waals surface area contributed by atoms with Crippen LogP contribution >= 0.6 is 0 Å². The van der Waals surface area contributed by atoms with E-state index in [1.165, 1.54) is 0 Å². The monoisotopic (exact) mass is 290 g/mol. The number of halogens is 1. The van der Waals surface area contributed by atoms with Crippen molar-refractivity contribution in [2.75, 3.05) is 13.2 Å². The predicted octanol–water partition coefficient (Wildman–Crippen LogP) is 3.57. The fraction of sp³-hybridized carbons (Fsp3) is 0.867. The van der Waals surface area contributed by atoms with Crippen LogP contribution in [0.1, 0.15) is 65.7 Å². The normalized spacial score (nSPS) is 11.2. The van der Waals surface area contributed by atoms with Gasteiger partial charge < -0.3 is 9.47 Å². The number of unbranched alkanes of at least 4 members (excludes halogenated alkanes) is 3. The summed E-state index contributed by atoms with van der Waals surface area (Å²) < 4.78 is 24.4. The summed E-state index contributed by atoms with van der Waals surface area (Å²) in [6.07, 6.45) is 3.92. The van der Waals surface area contributed by atoms with Crippen molar-refractivity contribution in [3.8, 4) is 0 Å². The first-order valence-electron chi connectivity index (χ1n) is 7.56. The van der Waals surface area contributed by atoms with Crippen molar-refractivity contribution in [3.63, 3.8) is 0 Å². The Kier molecular flexibility index (Phi) is 10.0. The van der Waals surface area contributed by atoms with Gasteiger partial charge in [-0.15, -0.1) is 0 Å². The number of ether oxygens (including phenoxy) is 2. The lowest BCUT2D eigenvalue weighted by atomic mass is 9.99. The van der Waals surface area contributed by atoms with E-state index in [1.54, 1.807) is 0 Å². The van der Waals surface area contributed by atoms with Gasteiger partial charge in [-0.05, 0) is 19.3 Å². The number of carbonyl (C=O) groups is 2. The SMILES string of the molecule is CCCCOC(=O)C(F)(CCCC)C(=O)OCCCC. The summed E-state index contributed by atoms with van der Waals surface area (Å²) in [4.78, 5) is 23.6. The molecule has 0 rings (SSSR count). The summed E-state index contributed by atoms with van der Waals surface area (Å²) in [6, 6.07) is 0. The summed E-state index contributed by atoms with van der Waals surface area (Å²) in [6.45, 7) is 6.01. The van der Waals surface area contributed by atoms with E-state index in [9.17, 15) is 14.0 Å². The summed E-state index contributed by atoms with van der Waals surface area (Å²) in [5.74, 6) is -2.22. The lowest BCUT2D eigenvalue weighted by Gasteiger charge is -2.21. The molecule has 0 unspecified atom stereocenters. The van der Waals surface area contributed by atoms with Crippen LogP contribution < -0.4 is 0 Å². The third kappa shape index (κ3) is 6.35. The van der Waals surface area contributed by atoms with Gasteiger partial charge in [0.15, 0.2) is 0 Å². The molecule has 0 aromatic carbocycles. The molecule has 0 amide bonds. The van der Waals surface area contributed by atoms with Gasteiger partial charge >= 0.3 is 17.6 Å². The second-order valence-electron chi connectivity index (χ2n) is 4.88. The third-order valence-electron chi connectivity index (χ3n) is 2.98. The zero-order valence-electron chi connectivity index (χ0n) is 12.9. The van der Waals surface area contributed by atoms with Crippen LogP contribution in [0.5, 0.6) is 0 Å². The Morgan fingerprint density at radius 3 is 1.60 bits per heavy atom. The first-order chi connectivity index (χ1) is 9.52. The van der Waals surface area contributed by atoms with E-state index in [2.05, 4.69) is 0 Å². The molecular formula is C15H27FO4. The van der Waals surface area contributed by atoms with Crippen LogP contribution in [0.4, 0.5) is 4.39 Å². The number of alkyl halides is 1. The average Bonchev–Trinajstić information content (AvgIpc) is 2.44. The summed E-state index contributed by atoms with van der Waals surface area (Å²) in [5, 5.41) is 0. The van der Waals surface area contributed by atoms with Crippen LogP contribution in [0, 0.1) is 0 Å². The molecule has 0 heterocycles. The van der Waals surface area contributed by atoms with Crippen LogP contribution in [0.3, 0.4) is 0 Å². The highest BCUT2D eigenvalue weighted by atomic mass is 19.1. The molecule has 0 atom stereocenters. The van der Waals surface area contributed by atoms with Crippen molar-refractivity contribution in [1.29, 1.82) is 0 Å². The quantitative estimate of drug-likeness (QED) is 0.331. The molecular weight excluding hydrogens is 263 g/mol. The molecule has 118 valence electrons. The zero-order chi connectivity index (χ0) is 15.4. The fourth-order valence-electron chi connectivity index (χ4n) is 1.56. The number of rotatable bonds is 11. The highest BCUT2D eigenvalue weighted by Crippen LogP contribution is 2.24.